The molecule has 0 aliphatic rings. The molecule has 0 amide bonds. The Labute approximate surface area is 127 Å². The second kappa shape index (κ2) is 7.25. The highest BCUT2D eigenvalue weighted by molar-refractivity contribution is 5.49. The van der Waals surface area contributed by atoms with Crippen LogP contribution in [0, 0.1) is 6.92 Å². The quantitative estimate of drug-likeness (QED) is 0.856. The number of rotatable bonds is 6. The molecule has 0 bridgehead atoms. The molecule has 3 nitrogen and oxygen atoms in total. The summed E-state index contributed by atoms with van der Waals surface area (Å²) in [6, 6.07) is 18.4. The molecule has 2 aromatic carbocycles. The van der Waals surface area contributed by atoms with Crippen LogP contribution < -0.4 is 10.2 Å². The van der Waals surface area contributed by atoms with Crippen molar-refractivity contribution >= 4 is 5.69 Å². The van der Waals surface area contributed by atoms with Gasteiger partial charge in [-0.2, -0.15) is 0 Å². The lowest BCUT2D eigenvalue weighted by atomic mass is 9.99. The zero-order valence-corrected chi connectivity index (χ0v) is 13.0. The van der Waals surface area contributed by atoms with E-state index in [1.54, 1.807) is 0 Å². The van der Waals surface area contributed by atoms with Crippen molar-refractivity contribution in [2.24, 2.45) is 0 Å². The number of likely N-dealkylation sites (N-methyl/N-ethyl adjacent to an activating group) is 2. The lowest BCUT2D eigenvalue weighted by Gasteiger charge is -2.34. The minimum Gasteiger partial charge on any atom is -0.389 e. The largest absolute Gasteiger partial charge is 0.389 e. The second-order valence-corrected chi connectivity index (χ2v) is 5.43. The predicted molar refractivity (Wildman–Crippen MR) is 88.7 cm³/mol. The van der Waals surface area contributed by atoms with Crippen molar-refractivity contribution in [3.05, 3.63) is 65.7 Å². The van der Waals surface area contributed by atoms with E-state index in [4.69, 9.17) is 0 Å². The normalized spacial score (nSPS) is 13.7. The average Bonchev–Trinajstić information content (AvgIpc) is 2.49. The third-order valence-electron chi connectivity index (χ3n) is 3.78. The Morgan fingerprint density at radius 1 is 1.05 bits per heavy atom. The first-order valence-corrected chi connectivity index (χ1v) is 7.30. The van der Waals surface area contributed by atoms with E-state index in [9.17, 15) is 5.11 Å². The van der Waals surface area contributed by atoms with E-state index in [1.165, 1.54) is 5.56 Å². The Hall–Kier alpha value is -1.84. The van der Waals surface area contributed by atoms with Crippen LogP contribution in [-0.4, -0.2) is 31.9 Å². The van der Waals surface area contributed by atoms with Crippen molar-refractivity contribution in [2.45, 2.75) is 19.1 Å². The minimum atomic E-state index is -0.483. The van der Waals surface area contributed by atoms with E-state index in [0.29, 0.717) is 6.54 Å². The Kier molecular flexibility index (Phi) is 5.37. The molecule has 2 atom stereocenters. The maximum Gasteiger partial charge on any atom is 0.0909 e. The van der Waals surface area contributed by atoms with Crippen LogP contribution in [0.4, 0.5) is 5.69 Å². The van der Waals surface area contributed by atoms with E-state index >= 15 is 0 Å². The van der Waals surface area contributed by atoms with Gasteiger partial charge in [-0.3, -0.25) is 0 Å². The van der Waals surface area contributed by atoms with Crippen LogP contribution >= 0.6 is 0 Å². The predicted octanol–water partition coefficient (Wildman–Crippen LogP) is 2.75. The van der Waals surface area contributed by atoms with Gasteiger partial charge in [0.2, 0.25) is 0 Å². The Bertz CT molecular complexity index is 539. The number of nitrogens with one attached hydrogen (secondary N) is 1. The minimum absolute atomic E-state index is 0.0821. The van der Waals surface area contributed by atoms with E-state index < -0.39 is 6.10 Å². The van der Waals surface area contributed by atoms with Gasteiger partial charge in [0.05, 0.1) is 12.1 Å². The maximum atomic E-state index is 10.5. The van der Waals surface area contributed by atoms with Crippen molar-refractivity contribution in [3.8, 4) is 0 Å². The summed E-state index contributed by atoms with van der Waals surface area (Å²) in [6.45, 7) is 2.63. The summed E-state index contributed by atoms with van der Waals surface area (Å²) in [4.78, 5) is 2.14. The molecule has 0 heterocycles. The van der Waals surface area contributed by atoms with Gasteiger partial charge >= 0.3 is 0 Å². The highest BCUT2D eigenvalue weighted by Gasteiger charge is 2.25. The number of benzene rings is 2. The molecular weight excluding hydrogens is 260 g/mol. The maximum absolute atomic E-state index is 10.5. The number of anilines is 1. The number of aryl methyl sites for hydroxylation is 1. The summed E-state index contributed by atoms with van der Waals surface area (Å²) in [7, 11) is 3.89. The molecule has 2 unspecified atom stereocenters. The highest BCUT2D eigenvalue weighted by atomic mass is 16.3. The second-order valence-electron chi connectivity index (χ2n) is 5.43. The van der Waals surface area contributed by atoms with Crippen molar-refractivity contribution < 1.29 is 5.11 Å². The lowest BCUT2D eigenvalue weighted by molar-refractivity contribution is 0.142. The van der Waals surface area contributed by atoms with Crippen molar-refractivity contribution in [2.75, 3.05) is 25.5 Å². The van der Waals surface area contributed by atoms with Gasteiger partial charge in [0.1, 0.15) is 0 Å². The van der Waals surface area contributed by atoms with Crippen LogP contribution in [0.15, 0.2) is 54.6 Å². The van der Waals surface area contributed by atoms with Crippen molar-refractivity contribution in [3.63, 3.8) is 0 Å². The highest BCUT2D eigenvalue weighted by Crippen LogP contribution is 2.28. The number of aliphatic hydroxyl groups is 1. The number of hydrogen-bond acceptors (Lipinski definition) is 3. The molecule has 0 aromatic heterocycles. The SMILES string of the molecule is CNCC(O)C(c1ccccc1)N(C)c1ccc(C)cc1. The molecule has 0 aliphatic heterocycles. The van der Waals surface area contributed by atoms with Gasteiger partial charge in [0, 0.05) is 19.3 Å². The summed E-state index contributed by atoms with van der Waals surface area (Å²) in [6.07, 6.45) is -0.483. The van der Waals surface area contributed by atoms with E-state index in [1.807, 2.05) is 32.3 Å². The third-order valence-corrected chi connectivity index (χ3v) is 3.78. The Morgan fingerprint density at radius 3 is 2.24 bits per heavy atom. The standard InChI is InChI=1S/C18H24N2O/c1-14-9-11-16(12-10-14)20(3)18(17(21)13-19-2)15-7-5-4-6-8-15/h4-12,17-19,21H,13H2,1-3H3. The zero-order chi connectivity index (χ0) is 15.2. The monoisotopic (exact) mass is 284 g/mol. The Balaban J connectivity index is 2.32. The molecule has 21 heavy (non-hydrogen) atoms. The summed E-state index contributed by atoms with van der Waals surface area (Å²) in [5.41, 5.74) is 3.45. The molecule has 0 aliphatic carbocycles. The van der Waals surface area contributed by atoms with Crippen LogP contribution in [0.5, 0.6) is 0 Å². The first kappa shape index (κ1) is 15.5. The molecule has 3 heteroatoms. The molecule has 0 spiro atoms. The number of aliphatic hydroxyl groups excluding tert-OH is 1. The fourth-order valence-electron chi connectivity index (χ4n) is 2.62. The van der Waals surface area contributed by atoms with Gasteiger partial charge in [-0.25, -0.2) is 0 Å². The summed E-state index contributed by atoms with van der Waals surface area (Å²) >= 11 is 0. The van der Waals surface area contributed by atoms with Crippen molar-refractivity contribution in [1.29, 1.82) is 0 Å². The van der Waals surface area contributed by atoms with Crippen LogP contribution in [0.25, 0.3) is 0 Å². The summed E-state index contributed by atoms with van der Waals surface area (Å²) in [5.74, 6) is 0. The van der Waals surface area contributed by atoms with Crippen molar-refractivity contribution in [1.82, 2.24) is 5.32 Å². The molecule has 0 radical (unpaired) electrons. The van der Waals surface area contributed by atoms with E-state index in [-0.39, 0.29) is 6.04 Å². The van der Waals surface area contributed by atoms with E-state index in [2.05, 4.69) is 53.5 Å². The molecule has 0 saturated carbocycles. The van der Waals surface area contributed by atoms with Gasteiger partial charge in [-0.05, 0) is 31.7 Å². The molecule has 2 aromatic rings. The van der Waals surface area contributed by atoms with E-state index in [0.717, 1.165) is 11.3 Å². The smallest absolute Gasteiger partial charge is 0.0909 e. The van der Waals surface area contributed by atoms with Gasteiger partial charge in [0.25, 0.3) is 0 Å². The average molecular weight is 284 g/mol. The fraction of sp³-hybridized carbons (Fsp3) is 0.333. The number of hydrogen-bond donors (Lipinski definition) is 2. The molecule has 0 fully saturated rings. The van der Waals surface area contributed by atoms with Crippen LogP contribution in [-0.2, 0) is 0 Å². The van der Waals surface area contributed by atoms with Gasteiger partial charge in [-0.15, -0.1) is 0 Å². The summed E-state index contributed by atoms with van der Waals surface area (Å²) in [5, 5.41) is 13.6. The number of nitrogens with zero attached hydrogens (tertiary/aromatic N) is 1. The van der Waals surface area contributed by atoms with Gasteiger partial charge < -0.3 is 15.3 Å². The topological polar surface area (TPSA) is 35.5 Å². The van der Waals surface area contributed by atoms with Crippen LogP contribution in [0.3, 0.4) is 0 Å². The fourth-order valence-corrected chi connectivity index (χ4v) is 2.62. The third kappa shape index (κ3) is 3.84. The van der Waals surface area contributed by atoms with Crippen LogP contribution in [0.2, 0.25) is 0 Å². The van der Waals surface area contributed by atoms with Gasteiger partial charge in [-0.1, -0.05) is 48.0 Å². The molecule has 2 N–H and O–H groups in total. The molecular formula is C18H24N2O. The van der Waals surface area contributed by atoms with Crippen LogP contribution in [0.1, 0.15) is 17.2 Å². The first-order valence-electron chi connectivity index (χ1n) is 7.30. The lowest BCUT2D eigenvalue weighted by Crippen LogP contribution is -2.39. The molecule has 2 rings (SSSR count). The van der Waals surface area contributed by atoms with Gasteiger partial charge in [0.15, 0.2) is 0 Å². The first-order chi connectivity index (χ1) is 10.1. The molecule has 112 valence electrons. The Morgan fingerprint density at radius 2 is 1.67 bits per heavy atom. The summed E-state index contributed by atoms with van der Waals surface area (Å²) < 4.78 is 0. The zero-order valence-electron chi connectivity index (χ0n) is 13.0. The molecule has 0 saturated heterocycles.